The quantitative estimate of drug-likeness (QED) is 0.755. The van der Waals surface area contributed by atoms with Gasteiger partial charge in [0.25, 0.3) is 5.91 Å². The van der Waals surface area contributed by atoms with E-state index in [4.69, 9.17) is 9.47 Å². The Bertz CT molecular complexity index is 779. The molecule has 1 spiro atoms. The van der Waals surface area contributed by atoms with E-state index in [9.17, 15) is 18.4 Å². The van der Waals surface area contributed by atoms with Crippen molar-refractivity contribution in [1.29, 1.82) is 0 Å². The Morgan fingerprint density at radius 3 is 2.48 bits per heavy atom. The standard InChI is InChI=1S/C21H26F2N2O4/c1-14-3-2-4-21(12-14)25(19(26)15-9-16(22)11-17(23)10-15)18(13-29-21)20(27)24-5-7-28-8-6-24/h9-11,14,18H,2-8,12-13H2,1H3/t14-,18+,21+/m1/s1. The van der Waals surface area contributed by atoms with Crippen LogP contribution in [0.2, 0.25) is 0 Å². The molecule has 0 aromatic heterocycles. The summed E-state index contributed by atoms with van der Waals surface area (Å²) in [6.07, 6.45) is 3.09. The first-order chi connectivity index (χ1) is 13.9. The predicted molar refractivity (Wildman–Crippen MR) is 100 cm³/mol. The number of hydrogen-bond acceptors (Lipinski definition) is 4. The maximum atomic E-state index is 13.8. The number of morpholine rings is 1. The SMILES string of the molecule is C[C@@H]1CCC[C@@]2(C1)OC[C@@H](C(=O)N1CCOCC1)N2C(=O)c1cc(F)cc(F)c1. The molecule has 29 heavy (non-hydrogen) atoms. The van der Waals surface area contributed by atoms with Crippen molar-refractivity contribution in [1.82, 2.24) is 9.80 Å². The lowest BCUT2D eigenvalue weighted by atomic mass is 9.83. The van der Waals surface area contributed by atoms with E-state index in [1.165, 1.54) is 4.90 Å². The Kier molecular flexibility index (Phi) is 5.57. The number of ether oxygens (including phenoxy) is 2. The zero-order valence-electron chi connectivity index (χ0n) is 16.5. The molecule has 0 bridgehead atoms. The van der Waals surface area contributed by atoms with Crippen molar-refractivity contribution in [2.24, 2.45) is 5.92 Å². The van der Waals surface area contributed by atoms with Gasteiger partial charge in [0.05, 0.1) is 19.8 Å². The molecule has 0 N–H and O–H groups in total. The Labute approximate surface area is 168 Å². The molecular formula is C21H26F2N2O4. The molecule has 3 atom stereocenters. The Hall–Kier alpha value is -2.06. The summed E-state index contributed by atoms with van der Waals surface area (Å²) in [4.78, 5) is 29.8. The van der Waals surface area contributed by atoms with Crippen LogP contribution >= 0.6 is 0 Å². The molecular weight excluding hydrogens is 382 g/mol. The number of hydrogen-bond donors (Lipinski definition) is 0. The van der Waals surface area contributed by atoms with Crippen molar-refractivity contribution in [3.8, 4) is 0 Å². The molecule has 2 saturated heterocycles. The number of carbonyl (C=O) groups is 2. The van der Waals surface area contributed by atoms with Crippen LogP contribution in [-0.4, -0.2) is 66.3 Å². The highest BCUT2D eigenvalue weighted by molar-refractivity contribution is 5.98. The monoisotopic (exact) mass is 408 g/mol. The van der Waals surface area contributed by atoms with Gasteiger partial charge in [-0.3, -0.25) is 14.5 Å². The third kappa shape index (κ3) is 3.88. The molecule has 3 fully saturated rings. The van der Waals surface area contributed by atoms with Crippen LogP contribution in [0.5, 0.6) is 0 Å². The summed E-state index contributed by atoms with van der Waals surface area (Å²) in [6.45, 7) is 3.98. The molecule has 2 aliphatic heterocycles. The molecule has 1 aromatic rings. The summed E-state index contributed by atoms with van der Waals surface area (Å²) in [7, 11) is 0. The largest absolute Gasteiger partial charge is 0.378 e. The lowest BCUT2D eigenvalue weighted by molar-refractivity contribution is -0.141. The first kappa shape index (κ1) is 20.2. The summed E-state index contributed by atoms with van der Waals surface area (Å²) in [5.41, 5.74) is -1.02. The van der Waals surface area contributed by atoms with Crippen LogP contribution in [0.1, 0.15) is 43.0 Å². The Balaban J connectivity index is 1.69. The lowest BCUT2D eigenvalue weighted by Crippen LogP contribution is -2.58. The summed E-state index contributed by atoms with van der Waals surface area (Å²) < 4.78 is 39.0. The highest BCUT2D eigenvalue weighted by Crippen LogP contribution is 2.43. The van der Waals surface area contributed by atoms with Gasteiger partial charge in [-0.1, -0.05) is 13.3 Å². The van der Waals surface area contributed by atoms with E-state index in [1.807, 2.05) is 0 Å². The summed E-state index contributed by atoms with van der Waals surface area (Å²) in [5, 5.41) is 0. The summed E-state index contributed by atoms with van der Waals surface area (Å²) in [6, 6.07) is 1.95. The molecule has 158 valence electrons. The lowest BCUT2D eigenvalue weighted by Gasteiger charge is -2.44. The third-order valence-electron chi connectivity index (χ3n) is 6.13. The van der Waals surface area contributed by atoms with Crippen molar-refractivity contribution >= 4 is 11.8 Å². The van der Waals surface area contributed by atoms with E-state index in [0.29, 0.717) is 45.1 Å². The van der Waals surface area contributed by atoms with Gasteiger partial charge in [0.15, 0.2) is 0 Å². The highest BCUT2D eigenvalue weighted by atomic mass is 19.1. The number of amides is 2. The van der Waals surface area contributed by atoms with Crippen LogP contribution in [0.25, 0.3) is 0 Å². The molecule has 2 amide bonds. The molecule has 1 aromatic carbocycles. The summed E-state index contributed by atoms with van der Waals surface area (Å²) >= 11 is 0. The fourth-order valence-electron chi connectivity index (χ4n) is 4.81. The smallest absolute Gasteiger partial charge is 0.257 e. The maximum absolute atomic E-state index is 13.8. The zero-order chi connectivity index (χ0) is 20.6. The van der Waals surface area contributed by atoms with Crippen LogP contribution in [0, 0.1) is 17.6 Å². The van der Waals surface area contributed by atoms with Crippen LogP contribution in [0.15, 0.2) is 18.2 Å². The van der Waals surface area contributed by atoms with Crippen LogP contribution < -0.4 is 0 Å². The van der Waals surface area contributed by atoms with Crippen molar-refractivity contribution < 1.29 is 27.8 Å². The van der Waals surface area contributed by atoms with Crippen LogP contribution in [-0.2, 0) is 14.3 Å². The normalized spacial score (nSPS) is 30.0. The number of nitrogens with zero attached hydrogens (tertiary/aromatic N) is 2. The van der Waals surface area contributed by atoms with Gasteiger partial charge in [0.2, 0.25) is 5.91 Å². The Morgan fingerprint density at radius 1 is 1.14 bits per heavy atom. The zero-order valence-corrected chi connectivity index (χ0v) is 16.5. The van der Waals surface area contributed by atoms with Crippen molar-refractivity contribution in [3.05, 3.63) is 35.4 Å². The van der Waals surface area contributed by atoms with Crippen LogP contribution in [0.4, 0.5) is 8.78 Å². The average molecular weight is 408 g/mol. The van der Waals surface area contributed by atoms with Crippen molar-refractivity contribution in [3.63, 3.8) is 0 Å². The molecule has 1 saturated carbocycles. The number of halogens is 2. The molecule has 0 radical (unpaired) electrons. The molecule has 4 rings (SSSR count). The molecule has 1 aliphatic carbocycles. The minimum Gasteiger partial charge on any atom is -0.378 e. The molecule has 8 heteroatoms. The van der Waals surface area contributed by atoms with E-state index >= 15 is 0 Å². The van der Waals surface area contributed by atoms with Gasteiger partial charge in [0, 0.05) is 24.7 Å². The minimum atomic E-state index is -0.913. The van der Waals surface area contributed by atoms with Gasteiger partial charge in [-0.05, 0) is 37.3 Å². The van der Waals surface area contributed by atoms with Gasteiger partial charge >= 0.3 is 0 Å². The molecule has 3 aliphatic rings. The third-order valence-corrected chi connectivity index (χ3v) is 6.13. The first-order valence-corrected chi connectivity index (χ1v) is 10.2. The number of benzene rings is 1. The van der Waals surface area contributed by atoms with Crippen LogP contribution in [0.3, 0.4) is 0 Å². The minimum absolute atomic E-state index is 0.0897. The fourth-order valence-corrected chi connectivity index (χ4v) is 4.81. The van der Waals surface area contributed by atoms with E-state index < -0.39 is 29.3 Å². The van der Waals surface area contributed by atoms with Gasteiger partial charge in [-0.2, -0.15) is 0 Å². The second kappa shape index (κ2) is 7.99. The second-order valence-corrected chi connectivity index (χ2v) is 8.25. The predicted octanol–water partition coefficient (Wildman–Crippen LogP) is 2.57. The molecule has 2 heterocycles. The average Bonchev–Trinajstić information content (AvgIpc) is 3.04. The molecule has 0 unspecified atom stereocenters. The maximum Gasteiger partial charge on any atom is 0.257 e. The van der Waals surface area contributed by atoms with Gasteiger partial charge < -0.3 is 14.4 Å². The number of rotatable bonds is 2. The van der Waals surface area contributed by atoms with Crippen molar-refractivity contribution in [2.45, 2.75) is 44.4 Å². The van der Waals surface area contributed by atoms with E-state index in [2.05, 4.69) is 6.92 Å². The first-order valence-electron chi connectivity index (χ1n) is 10.2. The summed E-state index contributed by atoms with van der Waals surface area (Å²) in [5.74, 6) is -2.10. The number of carbonyl (C=O) groups excluding carboxylic acids is 2. The Morgan fingerprint density at radius 2 is 1.83 bits per heavy atom. The highest BCUT2D eigenvalue weighted by Gasteiger charge is 2.54. The van der Waals surface area contributed by atoms with E-state index in [-0.39, 0.29) is 18.1 Å². The van der Waals surface area contributed by atoms with Gasteiger partial charge in [-0.25, -0.2) is 8.78 Å². The van der Waals surface area contributed by atoms with Gasteiger partial charge in [-0.15, -0.1) is 0 Å². The fraction of sp³-hybridized carbons (Fsp3) is 0.619. The second-order valence-electron chi connectivity index (χ2n) is 8.25. The topological polar surface area (TPSA) is 59.1 Å². The van der Waals surface area contributed by atoms with E-state index in [0.717, 1.165) is 31.0 Å². The van der Waals surface area contributed by atoms with E-state index in [1.54, 1.807) is 4.90 Å². The van der Waals surface area contributed by atoms with Crippen molar-refractivity contribution in [2.75, 3.05) is 32.9 Å². The van der Waals surface area contributed by atoms with Gasteiger partial charge in [0.1, 0.15) is 23.4 Å². The molecule has 6 nitrogen and oxygen atoms in total.